The van der Waals surface area contributed by atoms with Crippen molar-refractivity contribution in [1.29, 1.82) is 0 Å². The van der Waals surface area contributed by atoms with Gasteiger partial charge in [-0.25, -0.2) is 0 Å². The van der Waals surface area contributed by atoms with E-state index in [9.17, 15) is 9.59 Å². The largest absolute Gasteiger partial charge is 0.466 e. The van der Waals surface area contributed by atoms with Crippen LogP contribution in [-0.4, -0.2) is 18.4 Å². The van der Waals surface area contributed by atoms with Crippen LogP contribution in [0, 0.1) is 5.92 Å². The number of carbonyl (C=O) groups is 2. The van der Waals surface area contributed by atoms with E-state index in [0.717, 1.165) is 0 Å². The Hall–Kier alpha value is -1.64. The second kappa shape index (κ2) is 6.05. The number of hydrogen-bond acceptors (Lipinski definition) is 3. The van der Waals surface area contributed by atoms with Crippen molar-refractivity contribution >= 4 is 11.8 Å². The molecule has 0 bridgehead atoms. The van der Waals surface area contributed by atoms with Gasteiger partial charge in [0.2, 0.25) is 0 Å². The molecule has 0 aliphatic carbocycles. The Kier molecular flexibility index (Phi) is 4.70. The van der Waals surface area contributed by atoms with E-state index in [1.807, 2.05) is 18.2 Å². The molecule has 0 aromatic heterocycles. The minimum absolute atomic E-state index is 0.0267. The zero-order chi connectivity index (χ0) is 12.0. The van der Waals surface area contributed by atoms with Gasteiger partial charge in [-0.05, 0) is 6.92 Å². The van der Waals surface area contributed by atoms with Crippen molar-refractivity contribution in [3.8, 4) is 0 Å². The number of carbonyl (C=O) groups excluding carboxylic acids is 2. The van der Waals surface area contributed by atoms with E-state index in [0.29, 0.717) is 12.2 Å². The molecule has 1 aromatic rings. The van der Waals surface area contributed by atoms with Crippen LogP contribution >= 0.6 is 0 Å². The van der Waals surface area contributed by atoms with Gasteiger partial charge in [0.15, 0.2) is 5.78 Å². The third-order valence-electron chi connectivity index (χ3n) is 2.28. The lowest BCUT2D eigenvalue weighted by molar-refractivity contribution is -0.147. The van der Waals surface area contributed by atoms with Gasteiger partial charge >= 0.3 is 5.97 Å². The molecule has 0 fully saturated rings. The van der Waals surface area contributed by atoms with E-state index >= 15 is 0 Å². The molecule has 0 aliphatic rings. The number of rotatable bonds is 5. The van der Waals surface area contributed by atoms with Crippen LogP contribution in [0.2, 0.25) is 0 Å². The van der Waals surface area contributed by atoms with E-state index in [2.05, 4.69) is 0 Å². The highest BCUT2D eigenvalue weighted by Crippen LogP contribution is 2.11. The van der Waals surface area contributed by atoms with Gasteiger partial charge in [-0.2, -0.15) is 0 Å². The third kappa shape index (κ3) is 3.50. The predicted octanol–water partition coefficient (Wildman–Crippen LogP) is 2.46. The van der Waals surface area contributed by atoms with Gasteiger partial charge in [-0.15, -0.1) is 0 Å². The normalized spacial score (nSPS) is 11.9. The summed E-state index contributed by atoms with van der Waals surface area (Å²) in [6.07, 6.45) is 0.197. The highest BCUT2D eigenvalue weighted by Gasteiger charge is 2.18. The van der Waals surface area contributed by atoms with Crippen LogP contribution in [0.15, 0.2) is 30.3 Å². The Morgan fingerprint density at radius 1 is 1.25 bits per heavy atom. The number of ether oxygens (including phenoxy) is 1. The summed E-state index contributed by atoms with van der Waals surface area (Å²) in [4.78, 5) is 23.1. The summed E-state index contributed by atoms with van der Waals surface area (Å²) >= 11 is 0. The van der Waals surface area contributed by atoms with Gasteiger partial charge in [0.1, 0.15) is 0 Å². The maximum absolute atomic E-state index is 11.8. The third-order valence-corrected chi connectivity index (χ3v) is 2.28. The molecule has 0 N–H and O–H groups in total. The molecule has 0 radical (unpaired) electrons. The van der Waals surface area contributed by atoms with Crippen molar-refractivity contribution < 1.29 is 14.3 Å². The Bertz CT molecular complexity index is 357. The molecule has 86 valence electrons. The molecule has 16 heavy (non-hydrogen) atoms. The summed E-state index contributed by atoms with van der Waals surface area (Å²) in [5, 5.41) is 0. The molecule has 1 aromatic carbocycles. The highest BCUT2D eigenvalue weighted by molar-refractivity contribution is 5.97. The van der Waals surface area contributed by atoms with Crippen molar-refractivity contribution in [3.63, 3.8) is 0 Å². The maximum Gasteiger partial charge on any atom is 0.309 e. The predicted molar refractivity (Wildman–Crippen MR) is 61.2 cm³/mol. The topological polar surface area (TPSA) is 43.4 Å². The lowest BCUT2D eigenvalue weighted by atomic mass is 10.00. The number of benzene rings is 1. The van der Waals surface area contributed by atoms with E-state index in [4.69, 9.17) is 4.74 Å². The summed E-state index contributed by atoms with van der Waals surface area (Å²) in [5.74, 6) is -0.722. The van der Waals surface area contributed by atoms with Gasteiger partial charge in [-0.3, -0.25) is 9.59 Å². The van der Waals surface area contributed by atoms with E-state index in [1.54, 1.807) is 26.0 Å². The maximum atomic E-state index is 11.8. The fraction of sp³-hybridized carbons (Fsp3) is 0.385. The van der Waals surface area contributed by atoms with Gasteiger partial charge in [0.25, 0.3) is 0 Å². The van der Waals surface area contributed by atoms with E-state index < -0.39 is 0 Å². The fourth-order valence-electron chi connectivity index (χ4n) is 1.39. The standard InChI is InChI=1S/C13H16O3/c1-3-16-13(15)10(2)9-12(14)11-7-5-4-6-8-11/h4-8,10H,3,9H2,1-2H3/t10-/m1/s1. The Morgan fingerprint density at radius 2 is 1.88 bits per heavy atom. The van der Waals surface area contributed by atoms with Crippen LogP contribution in [0.1, 0.15) is 30.6 Å². The first kappa shape index (κ1) is 12.4. The first-order chi connectivity index (χ1) is 7.65. The SMILES string of the molecule is CCOC(=O)[C@H](C)CC(=O)c1ccccc1. The second-order valence-corrected chi connectivity index (χ2v) is 3.65. The quantitative estimate of drug-likeness (QED) is 0.565. The van der Waals surface area contributed by atoms with Crippen LogP contribution < -0.4 is 0 Å². The Labute approximate surface area is 95.4 Å². The molecule has 0 amide bonds. The first-order valence-corrected chi connectivity index (χ1v) is 5.40. The molecule has 0 heterocycles. The highest BCUT2D eigenvalue weighted by atomic mass is 16.5. The Morgan fingerprint density at radius 3 is 2.44 bits per heavy atom. The molecule has 0 saturated carbocycles. The smallest absolute Gasteiger partial charge is 0.309 e. The monoisotopic (exact) mass is 220 g/mol. The van der Waals surface area contributed by atoms with Crippen LogP contribution in [-0.2, 0) is 9.53 Å². The molecule has 0 spiro atoms. The van der Waals surface area contributed by atoms with Gasteiger partial charge < -0.3 is 4.74 Å². The van der Waals surface area contributed by atoms with Crippen molar-refractivity contribution in [2.24, 2.45) is 5.92 Å². The van der Waals surface area contributed by atoms with Crippen LogP contribution in [0.4, 0.5) is 0 Å². The minimum atomic E-state index is -0.382. The molecule has 0 saturated heterocycles. The molecule has 1 atom stereocenters. The van der Waals surface area contributed by atoms with Crippen molar-refractivity contribution in [2.45, 2.75) is 20.3 Å². The van der Waals surface area contributed by atoms with Gasteiger partial charge in [-0.1, -0.05) is 37.3 Å². The van der Waals surface area contributed by atoms with Gasteiger partial charge in [0, 0.05) is 12.0 Å². The molecule has 0 aliphatic heterocycles. The van der Waals surface area contributed by atoms with E-state index in [-0.39, 0.29) is 24.1 Å². The average Bonchev–Trinajstić information content (AvgIpc) is 2.30. The Balaban J connectivity index is 2.55. The van der Waals surface area contributed by atoms with E-state index in [1.165, 1.54) is 0 Å². The summed E-state index contributed by atoms with van der Waals surface area (Å²) in [7, 11) is 0. The zero-order valence-electron chi connectivity index (χ0n) is 9.60. The zero-order valence-corrected chi connectivity index (χ0v) is 9.60. The fourth-order valence-corrected chi connectivity index (χ4v) is 1.39. The van der Waals surface area contributed by atoms with Crippen molar-refractivity contribution in [2.75, 3.05) is 6.61 Å². The molecular formula is C13H16O3. The molecular weight excluding hydrogens is 204 g/mol. The summed E-state index contributed by atoms with van der Waals surface area (Å²) in [5.41, 5.74) is 0.638. The van der Waals surface area contributed by atoms with Crippen molar-refractivity contribution in [1.82, 2.24) is 0 Å². The molecule has 0 unspecified atom stereocenters. The lowest BCUT2D eigenvalue weighted by Gasteiger charge is -2.09. The first-order valence-electron chi connectivity index (χ1n) is 5.40. The lowest BCUT2D eigenvalue weighted by Crippen LogP contribution is -2.18. The molecule has 1 rings (SSSR count). The number of hydrogen-bond donors (Lipinski definition) is 0. The number of esters is 1. The summed E-state index contributed by atoms with van der Waals surface area (Å²) < 4.78 is 4.85. The molecule has 3 heteroatoms. The average molecular weight is 220 g/mol. The molecule has 3 nitrogen and oxygen atoms in total. The van der Waals surface area contributed by atoms with Crippen LogP contribution in [0.5, 0.6) is 0 Å². The minimum Gasteiger partial charge on any atom is -0.466 e. The van der Waals surface area contributed by atoms with Crippen LogP contribution in [0.3, 0.4) is 0 Å². The van der Waals surface area contributed by atoms with Crippen LogP contribution in [0.25, 0.3) is 0 Å². The number of Topliss-reactive ketones (excluding diaryl/α,β-unsaturated/α-hetero) is 1. The van der Waals surface area contributed by atoms with Crippen molar-refractivity contribution in [3.05, 3.63) is 35.9 Å². The number of ketones is 1. The second-order valence-electron chi connectivity index (χ2n) is 3.65. The summed E-state index contributed by atoms with van der Waals surface area (Å²) in [6.45, 7) is 3.81. The summed E-state index contributed by atoms with van der Waals surface area (Å²) in [6, 6.07) is 8.97. The van der Waals surface area contributed by atoms with Gasteiger partial charge in [0.05, 0.1) is 12.5 Å².